The van der Waals surface area contributed by atoms with Crippen LogP contribution in [0.5, 0.6) is 0 Å². The molecule has 1 saturated heterocycles. The summed E-state index contributed by atoms with van der Waals surface area (Å²) in [4.78, 5) is 27.9. The maximum atomic E-state index is 14.0. The molecular weight excluding hydrogens is 348 g/mol. The lowest BCUT2D eigenvalue weighted by Crippen LogP contribution is -2.50. The lowest BCUT2D eigenvalue weighted by molar-refractivity contribution is -0.139. The van der Waals surface area contributed by atoms with E-state index in [4.69, 9.17) is 0 Å². The van der Waals surface area contributed by atoms with E-state index in [0.717, 1.165) is 37.8 Å². The molecule has 2 amide bonds. The maximum Gasteiger partial charge on any atom is 0.254 e. The smallest absolute Gasteiger partial charge is 0.254 e. The van der Waals surface area contributed by atoms with Crippen LogP contribution in [0.15, 0.2) is 42.5 Å². The molecule has 0 unspecified atom stereocenters. The normalized spacial score (nSPS) is 41.9. The molecule has 4 bridgehead atoms. The van der Waals surface area contributed by atoms with Crippen molar-refractivity contribution in [3.63, 3.8) is 0 Å². The van der Waals surface area contributed by atoms with E-state index < -0.39 is 5.41 Å². The monoisotopic (exact) mass is 376 g/mol. The third-order valence-corrected chi connectivity index (χ3v) is 9.04. The summed E-state index contributed by atoms with van der Waals surface area (Å²) in [5, 5.41) is 3.70. The first-order valence-corrected chi connectivity index (χ1v) is 10.9. The molecule has 3 saturated carbocycles. The maximum absolute atomic E-state index is 14.0. The van der Waals surface area contributed by atoms with Gasteiger partial charge in [0.25, 0.3) is 5.91 Å². The molecule has 6 rings (SSSR count). The number of fused-ring (bicyclic) bond motifs is 3. The summed E-state index contributed by atoms with van der Waals surface area (Å²) in [5.74, 6) is 1.81. The molecule has 1 aromatic carbocycles. The highest BCUT2D eigenvalue weighted by atomic mass is 16.2. The Kier molecular flexibility index (Phi) is 3.17. The van der Waals surface area contributed by atoms with E-state index in [1.807, 2.05) is 35.3 Å². The highest BCUT2D eigenvalue weighted by Gasteiger charge is 2.75. The van der Waals surface area contributed by atoms with Crippen LogP contribution in [0.2, 0.25) is 0 Å². The van der Waals surface area contributed by atoms with Gasteiger partial charge in [-0.15, -0.1) is 0 Å². The second kappa shape index (κ2) is 5.28. The molecule has 0 N–H and O–H groups in total. The van der Waals surface area contributed by atoms with Gasteiger partial charge in [0.2, 0.25) is 5.91 Å². The van der Waals surface area contributed by atoms with Gasteiger partial charge >= 0.3 is 0 Å². The van der Waals surface area contributed by atoms with Crippen molar-refractivity contribution in [3.8, 4) is 0 Å². The number of carbonyl (C=O) groups is 2. The number of anilines is 1. The predicted octanol–water partition coefficient (Wildman–Crippen LogP) is 4.18. The largest absolute Gasteiger partial charge is 0.273 e. The quantitative estimate of drug-likeness (QED) is 0.727. The average molecular weight is 377 g/mol. The zero-order valence-corrected chi connectivity index (χ0v) is 16.7. The Bertz CT molecular complexity index is 891. The van der Waals surface area contributed by atoms with Crippen molar-refractivity contribution in [2.75, 3.05) is 5.01 Å². The number of allylic oxidation sites excluding steroid dienone is 2. The first kappa shape index (κ1) is 16.8. The molecule has 1 spiro atoms. The Balaban J connectivity index is 1.47. The van der Waals surface area contributed by atoms with E-state index in [0.29, 0.717) is 17.8 Å². The van der Waals surface area contributed by atoms with Gasteiger partial charge in [-0.3, -0.25) is 9.59 Å². The zero-order chi connectivity index (χ0) is 19.3. The third kappa shape index (κ3) is 1.78. The van der Waals surface area contributed by atoms with Crippen LogP contribution in [-0.4, -0.2) is 22.9 Å². The van der Waals surface area contributed by atoms with E-state index >= 15 is 0 Å². The van der Waals surface area contributed by atoms with Crippen LogP contribution < -0.4 is 5.01 Å². The van der Waals surface area contributed by atoms with Crippen molar-refractivity contribution in [1.82, 2.24) is 5.01 Å². The lowest BCUT2D eigenvalue weighted by atomic mass is 9.67. The van der Waals surface area contributed by atoms with Gasteiger partial charge in [-0.05, 0) is 67.4 Å². The molecule has 1 aliphatic heterocycles. The standard InChI is InChI=1S/C24H28N2O2/c1-23(2)17-10-11-24(23)20(14-17)26(21(27)19-13-15-8-9-16(19)12-15)25(22(24)28)18-6-4-3-5-7-18/h3-9,15-17,19-20H,10-14H2,1-2H3/t15-,16+,17+,19+,20+,24-/m0/s1. The molecule has 1 heterocycles. The minimum atomic E-state index is -0.420. The predicted molar refractivity (Wildman–Crippen MR) is 107 cm³/mol. The van der Waals surface area contributed by atoms with Crippen LogP contribution in [0.25, 0.3) is 0 Å². The Morgan fingerprint density at radius 3 is 2.50 bits per heavy atom. The third-order valence-electron chi connectivity index (χ3n) is 9.04. The van der Waals surface area contributed by atoms with E-state index in [-0.39, 0.29) is 29.2 Å². The summed E-state index contributed by atoms with van der Waals surface area (Å²) in [7, 11) is 0. The van der Waals surface area contributed by atoms with Gasteiger partial charge < -0.3 is 0 Å². The zero-order valence-electron chi connectivity index (χ0n) is 16.7. The van der Waals surface area contributed by atoms with Crippen LogP contribution in [-0.2, 0) is 9.59 Å². The molecule has 5 aliphatic rings. The second-order valence-electron chi connectivity index (χ2n) is 10.2. The van der Waals surface area contributed by atoms with Crippen molar-refractivity contribution in [2.24, 2.45) is 34.5 Å². The number of hydrazine groups is 1. The van der Waals surface area contributed by atoms with Crippen molar-refractivity contribution in [2.45, 2.75) is 52.0 Å². The molecule has 4 heteroatoms. The number of hydrogen-bond acceptors (Lipinski definition) is 2. The number of para-hydroxylation sites is 1. The molecule has 4 aliphatic carbocycles. The highest BCUT2D eigenvalue weighted by Crippen LogP contribution is 2.70. The molecular formula is C24H28N2O2. The number of carbonyl (C=O) groups excluding carboxylic acids is 2. The van der Waals surface area contributed by atoms with Gasteiger partial charge in [0, 0.05) is 5.92 Å². The number of rotatable bonds is 2. The van der Waals surface area contributed by atoms with Crippen LogP contribution in [0, 0.1) is 34.5 Å². The van der Waals surface area contributed by atoms with E-state index in [9.17, 15) is 9.59 Å². The minimum Gasteiger partial charge on any atom is -0.273 e. The molecule has 4 fully saturated rings. The molecule has 0 aromatic heterocycles. The fraction of sp³-hybridized carbons (Fsp3) is 0.583. The summed E-state index contributed by atoms with van der Waals surface area (Å²) < 4.78 is 0. The summed E-state index contributed by atoms with van der Waals surface area (Å²) in [6.45, 7) is 4.53. The van der Waals surface area contributed by atoms with Crippen molar-refractivity contribution in [3.05, 3.63) is 42.5 Å². The van der Waals surface area contributed by atoms with Gasteiger partial charge in [-0.25, -0.2) is 10.0 Å². The molecule has 4 nitrogen and oxygen atoms in total. The Morgan fingerprint density at radius 2 is 1.86 bits per heavy atom. The molecule has 146 valence electrons. The van der Waals surface area contributed by atoms with Gasteiger partial charge in [0.15, 0.2) is 0 Å². The van der Waals surface area contributed by atoms with Gasteiger partial charge in [-0.2, -0.15) is 0 Å². The number of amides is 2. The van der Waals surface area contributed by atoms with E-state index in [1.165, 1.54) is 0 Å². The molecule has 0 radical (unpaired) electrons. The van der Waals surface area contributed by atoms with Crippen LogP contribution >= 0.6 is 0 Å². The molecule has 6 atom stereocenters. The van der Waals surface area contributed by atoms with Crippen molar-refractivity contribution >= 4 is 17.5 Å². The second-order valence-corrected chi connectivity index (χ2v) is 10.2. The minimum absolute atomic E-state index is 0.0181. The summed E-state index contributed by atoms with van der Waals surface area (Å²) >= 11 is 0. The summed E-state index contributed by atoms with van der Waals surface area (Å²) in [5.41, 5.74) is 0.365. The fourth-order valence-electron chi connectivity index (χ4n) is 7.49. The number of hydrogen-bond donors (Lipinski definition) is 0. The fourth-order valence-corrected chi connectivity index (χ4v) is 7.49. The first-order valence-electron chi connectivity index (χ1n) is 10.9. The Hall–Kier alpha value is -2.10. The topological polar surface area (TPSA) is 40.6 Å². The molecule has 28 heavy (non-hydrogen) atoms. The number of benzene rings is 1. The van der Waals surface area contributed by atoms with Crippen LogP contribution in [0.1, 0.15) is 46.0 Å². The summed E-state index contributed by atoms with van der Waals surface area (Å²) in [6, 6.07) is 9.83. The van der Waals surface area contributed by atoms with E-state index in [2.05, 4.69) is 26.0 Å². The Morgan fingerprint density at radius 1 is 1.07 bits per heavy atom. The molecule has 1 aromatic rings. The summed E-state index contributed by atoms with van der Waals surface area (Å²) in [6.07, 6.45) is 9.55. The van der Waals surface area contributed by atoms with Gasteiger partial charge in [-0.1, -0.05) is 44.2 Å². The highest BCUT2D eigenvalue weighted by molar-refractivity contribution is 6.05. The van der Waals surface area contributed by atoms with Crippen molar-refractivity contribution < 1.29 is 9.59 Å². The lowest BCUT2D eigenvalue weighted by Gasteiger charge is -2.36. The van der Waals surface area contributed by atoms with E-state index in [1.54, 1.807) is 5.01 Å². The van der Waals surface area contributed by atoms with Crippen LogP contribution in [0.4, 0.5) is 5.69 Å². The Labute approximate surface area is 166 Å². The SMILES string of the molecule is CC1(C)[C@@H]2CC[C@]13C(=O)N(c1ccccc1)N(C(=O)[C@@H]1C[C@H]4C=C[C@@H]1C4)[C@@H]3C2. The van der Waals surface area contributed by atoms with Crippen LogP contribution in [0.3, 0.4) is 0 Å². The van der Waals surface area contributed by atoms with Crippen molar-refractivity contribution in [1.29, 1.82) is 0 Å². The average Bonchev–Trinajstić information content (AvgIpc) is 3.48. The number of nitrogens with zero attached hydrogens (tertiary/aromatic N) is 2. The van der Waals surface area contributed by atoms with Gasteiger partial charge in [0.05, 0.1) is 17.1 Å². The first-order chi connectivity index (χ1) is 13.4. The van der Waals surface area contributed by atoms with Gasteiger partial charge in [0.1, 0.15) is 0 Å².